The number of primary amides is 1. The number of carbonyl (C=O) groups excluding carboxylic acids is 4. The Bertz CT molecular complexity index is 1510. The van der Waals surface area contributed by atoms with Gasteiger partial charge >= 0.3 is 0 Å². The van der Waals surface area contributed by atoms with Crippen molar-refractivity contribution in [3.8, 4) is 0 Å². The summed E-state index contributed by atoms with van der Waals surface area (Å²) in [6.07, 6.45) is -0.551. The van der Waals surface area contributed by atoms with Gasteiger partial charge in [-0.25, -0.2) is 4.98 Å². The molecule has 1 aliphatic rings. The smallest absolute Gasteiger partial charge is 0.280 e. The van der Waals surface area contributed by atoms with Gasteiger partial charge in [-0.3, -0.25) is 29.0 Å². The van der Waals surface area contributed by atoms with Crippen molar-refractivity contribution < 1.29 is 24.3 Å². The molecule has 4 atom stereocenters. The second-order valence-electron chi connectivity index (χ2n) is 12.7. The number of piperidine rings is 1. The van der Waals surface area contributed by atoms with Crippen LogP contribution in [0, 0.1) is 0 Å². The molecular formula is C34H44N6O5. The summed E-state index contributed by atoms with van der Waals surface area (Å²) in [6, 6.07) is 17.8. The fraction of sp³-hybridized carbons (Fsp3) is 0.441. The summed E-state index contributed by atoms with van der Waals surface area (Å²) in [7, 11) is 0. The van der Waals surface area contributed by atoms with Gasteiger partial charge in [0.1, 0.15) is 11.9 Å². The van der Waals surface area contributed by atoms with Crippen molar-refractivity contribution in [3.63, 3.8) is 0 Å². The van der Waals surface area contributed by atoms with E-state index in [4.69, 9.17) is 11.5 Å². The highest BCUT2D eigenvalue weighted by Gasteiger charge is 2.46. The molecule has 240 valence electrons. The molecule has 6 N–H and O–H groups in total. The number of hydrogen-bond donors (Lipinski definition) is 4. The molecule has 0 aliphatic carbocycles. The second-order valence-corrected chi connectivity index (χ2v) is 12.7. The minimum Gasteiger partial charge on any atom is -0.390 e. The van der Waals surface area contributed by atoms with Gasteiger partial charge < -0.3 is 21.9 Å². The van der Waals surface area contributed by atoms with Crippen molar-refractivity contribution in [2.45, 2.75) is 89.2 Å². The van der Waals surface area contributed by atoms with Crippen molar-refractivity contribution >= 4 is 34.5 Å². The van der Waals surface area contributed by atoms with Crippen molar-refractivity contribution in [1.82, 2.24) is 20.1 Å². The van der Waals surface area contributed by atoms with Gasteiger partial charge in [-0.15, -0.1) is 0 Å². The van der Waals surface area contributed by atoms with Crippen LogP contribution in [0.25, 0.3) is 10.9 Å². The van der Waals surface area contributed by atoms with Crippen LogP contribution in [0.2, 0.25) is 0 Å². The largest absolute Gasteiger partial charge is 0.390 e. The molecule has 3 aromatic rings. The molecule has 11 heteroatoms. The topological polar surface area (TPSA) is 172 Å². The Hall–Kier alpha value is -4.19. The molecule has 1 aliphatic heterocycles. The zero-order chi connectivity index (χ0) is 32.7. The van der Waals surface area contributed by atoms with E-state index in [1.165, 1.54) is 6.07 Å². The minimum absolute atomic E-state index is 0.0405. The number of benzene rings is 2. The van der Waals surface area contributed by atoms with Crippen LogP contribution >= 0.6 is 0 Å². The number of carbonyl (C=O) groups is 4. The third-order valence-electron chi connectivity index (χ3n) is 7.88. The number of nitrogens with two attached hydrogens (primary N) is 2. The van der Waals surface area contributed by atoms with Crippen LogP contribution in [-0.2, 0) is 20.8 Å². The van der Waals surface area contributed by atoms with Crippen LogP contribution in [0.15, 0.2) is 66.7 Å². The van der Waals surface area contributed by atoms with Gasteiger partial charge in [-0.1, -0.05) is 61.0 Å². The van der Waals surface area contributed by atoms with Crippen molar-refractivity contribution in [2.75, 3.05) is 6.54 Å². The zero-order valence-electron chi connectivity index (χ0n) is 26.2. The Morgan fingerprint density at radius 1 is 1.02 bits per heavy atom. The van der Waals surface area contributed by atoms with Gasteiger partial charge in [0.05, 0.1) is 30.1 Å². The van der Waals surface area contributed by atoms with E-state index in [1.54, 1.807) is 23.1 Å². The third kappa shape index (κ3) is 8.72. The van der Waals surface area contributed by atoms with E-state index in [0.717, 1.165) is 22.3 Å². The lowest BCUT2D eigenvalue weighted by Gasteiger charge is -2.46. The van der Waals surface area contributed by atoms with Gasteiger partial charge in [0.15, 0.2) is 0 Å². The lowest BCUT2D eigenvalue weighted by molar-refractivity contribution is -0.149. The molecule has 0 bridgehead atoms. The maximum Gasteiger partial charge on any atom is 0.280 e. The molecule has 4 rings (SSSR count). The van der Waals surface area contributed by atoms with Crippen LogP contribution in [0.3, 0.4) is 0 Å². The number of para-hydroxylation sites is 1. The first kappa shape index (κ1) is 33.7. The SMILES string of the molecule is CC(C)(C)NC(=O)[C@@H]1CCCCN1C([C@H](O)CCc1ccccc1)N(C(=O)c1ccc2ccccc2n1)C(=O)[C@@H](N)CC(N)=O. The van der Waals surface area contributed by atoms with Gasteiger partial charge in [0.2, 0.25) is 17.7 Å². The number of aliphatic hydroxyl groups is 1. The monoisotopic (exact) mass is 616 g/mol. The number of fused-ring (bicyclic) bond motifs is 1. The lowest BCUT2D eigenvalue weighted by atomic mass is 9.95. The second kappa shape index (κ2) is 14.7. The van der Waals surface area contributed by atoms with E-state index < -0.39 is 54.0 Å². The van der Waals surface area contributed by atoms with E-state index in [9.17, 15) is 24.3 Å². The van der Waals surface area contributed by atoms with E-state index in [1.807, 2.05) is 63.2 Å². The normalized spacial score (nSPS) is 17.7. The van der Waals surface area contributed by atoms with Crippen molar-refractivity contribution in [3.05, 3.63) is 78.0 Å². The molecule has 4 amide bonds. The molecule has 2 aromatic carbocycles. The molecular weight excluding hydrogens is 572 g/mol. The number of aliphatic hydroxyl groups excluding tert-OH is 1. The molecule has 1 unspecified atom stereocenters. The van der Waals surface area contributed by atoms with Crippen LogP contribution < -0.4 is 16.8 Å². The average Bonchev–Trinajstić information content (AvgIpc) is 3.01. The highest BCUT2D eigenvalue weighted by atomic mass is 16.3. The minimum atomic E-state index is -1.46. The molecule has 45 heavy (non-hydrogen) atoms. The maximum absolute atomic E-state index is 14.4. The fourth-order valence-electron chi connectivity index (χ4n) is 5.80. The lowest BCUT2D eigenvalue weighted by Crippen LogP contribution is -2.67. The Kier molecular flexibility index (Phi) is 11.0. The maximum atomic E-state index is 14.4. The Morgan fingerprint density at radius 2 is 1.71 bits per heavy atom. The van der Waals surface area contributed by atoms with Crippen molar-refractivity contribution in [2.24, 2.45) is 11.5 Å². The van der Waals surface area contributed by atoms with Crippen LogP contribution in [0.1, 0.15) is 68.9 Å². The van der Waals surface area contributed by atoms with Crippen LogP contribution in [-0.4, -0.2) is 80.0 Å². The summed E-state index contributed by atoms with van der Waals surface area (Å²) < 4.78 is 0. The molecule has 11 nitrogen and oxygen atoms in total. The first-order valence-electron chi connectivity index (χ1n) is 15.4. The summed E-state index contributed by atoms with van der Waals surface area (Å²) in [6.45, 7) is 5.95. The number of aromatic nitrogens is 1. The Balaban J connectivity index is 1.82. The summed E-state index contributed by atoms with van der Waals surface area (Å²) in [4.78, 5) is 61.2. The first-order chi connectivity index (χ1) is 21.4. The number of pyridine rings is 1. The number of nitrogens with zero attached hydrogens (tertiary/aromatic N) is 3. The quantitative estimate of drug-likeness (QED) is 0.254. The van der Waals surface area contributed by atoms with Gasteiger partial charge in [0.25, 0.3) is 5.91 Å². The predicted octanol–water partition coefficient (Wildman–Crippen LogP) is 2.50. The molecule has 0 saturated carbocycles. The number of imide groups is 1. The summed E-state index contributed by atoms with van der Waals surface area (Å²) in [5, 5.41) is 15.8. The van der Waals surface area contributed by atoms with Gasteiger partial charge in [0, 0.05) is 17.5 Å². The van der Waals surface area contributed by atoms with Gasteiger partial charge in [-0.2, -0.15) is 0 Å². The average molecular weight is 617 g/mol. The van der Waals surface area contributed by atoms with Crippen LogP contribution in [0.4, 0.5) is 0 Å². The third-order valence-corrected chi connectivity index (χ3v) is 7.88. The molecule has 1 aromatic heterocycles. The van der Waals surface area contributed by atoms with E-state index >= 15 is 0 Å². The molecule has 2 heterocycles. The standard InChI is InChI=1S/C34H44N6O5/c1-34(2,3)38-30(43)27-15-9-10-20-39(27)31(28(41)19-16-22-11-5-4-6-12-22)40(32(44)24(35)21-29(36)42)33(45)26-18-17-23-13-7-8-14-25(23)37-26/h4-8,11-14,17-18,24,27-28,31,41H,9-10,15-16,19-21,35H2,1-3H3,(H2,36,42)(H,38,43)/t24-,27-,28+,31?/m0/s1. The number of nitrogens with one attached hydrogen (secondary N) is 1. The highest BCUT2D eigenvalue weighted by Crippen LogP contribution is 2.28. The van der Waals surface area contributed by atoms with Gasteiger partial charge in [-0.05, 0) is 64.2 Å². The number of rotatable bonds is 11. The summed E-state index contributed by atoms with van der Waals surface area (Å²) >= 11 is 0. The van der Waals surface area contributed by atoms with E-state index in [0.29, 0.717) is 31.3 Å². The van der Waals surface area contributed by atoms with Crippen LogP contribution in [0.5, 0.6) is 0 Å². The number of amides is 4. The number of aryl methyl sites for hydroxylation is 1. The number of likely N-dealkylation sites (tertiary alicyclic amines) is 1. The Labute approximate surface area is 264 Å². The van der Waals surface area contributed by atoms with E-state index in [-0.39, 0.29) is 18.0 Å². The van der Waals surface area contributed by atoms with E-state index in [2.05, 4.69) is 10.3 Å². The fourth-order valence-corrected chi connectivity index (χ4v) is 5.80. The number of hydrogen-bond acceptors (Lipinski definition) is 8. The summed E-state index contributed by atoms with van der Waals surface area (Å²) in [5.74, 6) is -2.77. The highest BCUT2D eigenvalue weighted by molar-refractivity contribution is 6.07. The van der Waals surface area contributed by atoms with Crippen molar-refractivity contribution in [1.29, 1.82) is 0 Å². The zero-order valence-corrected chi connectivity index (χ0v) is 26.2. The summed E-state index contributed by atoms with van der Waals surface area (Å²) in [5.41, 5.74) is 12.5. The molecule has 0 spiro atoms. The Morgan fingerprint density at radius 3 is 2.40 bits per heavy atom. The predicted molar refractivity (Wildman–Crippen MR) is 172 cm³/mol. The molecule has 1 saturated heterocycles. The molecule has 1 fully saturated rings. The molecule has 0 radical (unpaired) electrons. The first-order valence-corrected chi connectivity index (χ1v) is 15.4.